The fourth-order valence-corrected chi connectivity index (χ4v) is 1.03. The average Bonchev–Trinajstić information content (AvgIpc) is 1.80. The number of Topliss-reactive ketones (excluding diaryl/α,β-unsaturated/α-hetero) is 1. The van der Waals surface area contributed by atoms with Gasteiger partial charge in [0.1, 0.15) is 5.78 Å². The molecule has 0 spiro atoms. The van der Waals surface area contributed by atoms with E-state index < -0.39 is 21.9 Å². The van der Waals surface area contributed by atoms with Gasteiger partial charge < -0.3 is 5.73 Å². The molecule has 1 unspecified atom stereocenters. The third kappa shape index (κ3) is 5.96. The molecule has 0 aliphatic rings. The Morgan fingerprint density at radius 2 is 2.09 bits per heavy atom. The molecule has 0 saturated heterocycles. The minimum Gasteiger partial charge on any atom is -0.321 e. The number of rotatable bonds is 4. The first kappa shape index (κ1) is 10.5. The Labute approximate surface area is 65.3 Å². The minimum atomic E-state index is -3.98. The lowest BCUT2D eigenvalue weighted by Crippen LogP contribution is -2.30. The second kappa shape index (κ2) is 3.80. The summed E-state index contributed by atoms with van der Waals surface area (Å²) in [7, 11) is -3.98. The number of carbonyl (C=O) groups is 1. The quantitative estimate of drug-likeness (QED) is 0.552. The van der Waals surface area contributed by atoms with E-state index in [4.69, 9.17) is 10.3 Å². The predicted octanol–water partition coefficient (Wildman–Crippen LogP) is -0.819. The Morgan fingerprint density at radius 1 is 1.64 bits per heavy atom. The summed E-state index contributed by atoms with van der Waals surface area (Å²) in [6.45, 7) is 1.27. The summed E-state index contributed by atoms with van der Waals surface area (Å²) in [5, 5.41) is 0. The highest BCUT2D eigenvalue weighted by molar-refractivity contribution is 7.85. The van der Waals surface area contributed by atoms with Crippen LogP contribution in [0.3, 0.4) is 0 Å². The van der Waals surface area contributed by atoms with Gasteiger partial charge in [0.15, 0.2) is 0 Å². The smallest absolute Gasteiger partial charge is 0.264 e. The molecule has 1 atom stereocenters. The highest BCUT2D eigenvalue weighted by Crippen LogP contribution is 1.93. The maximum Gasteiger partial charge on any atom is 0.264 e. The predicted molar refractivity (Wildman–Crippen MR) is 39.7 cm³/mol. The van der Waals surface area contributed by atoms with E-state index in [0.717, 1.165) is 0 Å². The minimum absolute atomic E-state index is 0.0336. The van der Waals surface area contributed by atoms with E-state index in [2.05, 4.69) is 0 Å². The van der Waals surface area contributed by atoms with Crippen LogP contribution in [0.5, 0.6) is 0 Å². The fraction of sp³-hybridized carbons (Fsp3) is 0.800. The van der Waals surface area contributed by atoms with Crippen molar-refractivity contribution in [1.82, 2.24) is 0 Å². The first-order valence-corrected chi connectivity index (χ1v) is 4.65. The van der Waals surface area contributed by atoms with E-state index in [0.29, 0.717) is 0 Å². The molecule has 0 aromatic heterocycles. The van der Waals surface area contributed by atoms with E-state index >= 15 is 0 Å². The van der Waals surface area contributed by atoms with Gasteiger partial charge in [-0.25, -0.2) is 0 Å². The molecule has 0 radical (unpaired) electrons. The van der Waals surface area contributed by atoms with Gasteiger partial charge in [0, 0.05) is 0 Å². The van der Waals surface area contributed by atoms with Crippen molar-refractivity contribution >= 4 is 15.9 Å². The van der Waals surface area contributed by atoms with E-state index in [1.54, 1.807) is 0 Å². The zero-order chi connectivity index (χ0) is 9.07. The van der Waals surface area contributed by atoms with Gasteiger partial charge >= 0.3 is 0 Å². The molecule has 0 saturated carbocycles. The second-order valence-corrected chi connectivity index (χ2v) is 3.86. The average molecular weight is 181 g/mol. The molecule has 0 aromatic carbocycles. The highest BCUT2D eigenvalue weighted by atomic mass is 32.2. The van der Waals surface area contributed by atoms with Crippen molar-refractivity contribution in [3.63, 3.8) is 0 Å². The van der Waals surface area contributed by atoms with Gasteiger partial charge in [0.25, 0.3) is 10.1 Å². The summed E-state index contributed by atoms with van der Waals surface area (Å²) in [5.74, 6) is -0.748. The summed E-state index contributed by atoms with van der Waals surface area (Å²) in [4.78, 5) is 10.5. The zero-order valence-corrected chi connectivity index (χ0v) is 6.97. The van der Waals surface area contributed by atoms with Crippen LogP contribution < -0.4 is 5.73 Å². The van der Waals surface area contributed by atoms with Gasteiger partial charge in [0.2, 0.25) is 0 Å². The van der Waals surface area contributed by atoms with Crippen molar-refractivity contribution in [2.75, 3.05) is 5.75 Å². The normalized spacial score (nSPS) is 14.5. The molecule has 0 amide bonds. The van der Waals surface area contributed by atoms with Gasteiger partial charge in [-0.05, 0) is 13.3 Å². The summed E-state index contributed by atoms with van der Waals surface area (Å²) in [6.07, 6.45) is -0.0336. The largest absolute Gasteiger partial charge is 0.321 e. The molecule has 6 heteroatoms. The standard InChI is InChI=1S/C5H11NO4S/c1-4(7)5(6)2-3-11(8,9)10/h5H,2-3,6H2,1H3,(H,8,9,10). The van der Waals surface area contributed by atoms with Crippen LogP contribution in [0.1, 0.15) is 13.3 Å². The van der Waals surface area contributed by atoms with E-state index in [-0.39, 0.29) is 12.2 Å². The van der Waals surface area contributed by atoms with E-state index in [1.807, 2.05) is 0 Å². The molecule has 5 nitrogen and oxygen atoms in total. The van der Waals surface area contributed by atoms with Crippen LogP contribution in [-0.2, 0) is 14.9 Å². The summed E-state index contributed by atoms with van der Waals surface area (Å²) in [5.41, 5.74) is 5.20. The Balaban J connectivity index is 3.82. The molecular formula is C5H11NO4S. The van der Waals surface area contributed by atoms with Crippen molar-refractivity contribution in [2.24, 2.45) is 5.73 Å². The zero-order valence-electron chi connectivity index (χ0n) is 6.15. The van der Waals surface area contributed by atoms with Crippen LogP contribution >= 0.6 is 0 Å². The van der Waals surface area contributed by atoms with Crippen molar-refractivity contribution in [2.45, 2.75) is 19.4 Å². The molecule has 0 bridgehead atoms. The Bertz CT molecular complexity index is 233. The van der Waals surface area contributed by atoms with Crippen molar-refractivity contribution < 1.29 is 17.8 Å². The Hall–Kier alpha value is -0.460. The van der Waals surface area contributed by atoms with Crippen molar-refractivity contribution in [3.05, 3.63) is 0 Å². The lowest BCUT2D eigenvalue weighted by Gasteiger charge is -2.04. The molecule has 66 valence electrons. The molecular weight excluding hydrogens is 170 g/mol. The number of hydrogen-bond donors (Lipinski definition) is 2. The molecule has 0 heterocycles. The number of ketones is 1. The monoisotopic (exact) mass is 181 g/mol. The topological polar surface area (TPSA) is 97.5 Å². The highest BCUT2D eigenvalue weighted by Gasteiger charge is 2.12. The number of nitrogens with two attached hydrogens (primary N) is 1. The fourth-order valence-electron chi connectivity index (χ4n) is 0.479. The van der Waals surface area contributed by atoms with Crippen molar-refractivity contribution in [1.29, 1.82) is 0 Å². The lowest BCUT2D eigenvalue weighted by molar-refractivity contribution is -0.118. The molecule has 0 aliphatic carbocycles. The molecule has 11 heavy (non-hydrogen) atoms. The van der Waals surface area contributed by atoms with Crippen molar-refractivity contribution in [3.8, 4) is 0 Å². The molecule has 3 N–H and O–H groups in total. The van der Waals surface area contributed by atoms with Crippen LogP contribution in [0.15, 0.2) is 0 Å². The SMILES string of the molecule is CC(=O)C(N)CCS(=O)(=O)O. The van der Waals surface area contributed by atoms with Crippen LogP contribution in [0.2, 0.25) is 0 Å². The first-order valence-electron chi connectivity index (χ1n) is 3.04. The summed E-state index contributed by atoms with van der Waals surface area (Å²) < 4.78 is 28.5. The molecule has 0 aromatic rings. The Morgan fingerprint density at radius 3 is 2.36 bits per heavy atom. The maximum atomic E-state index is 10.5. The second-order valence-electron chi connectivity index (χ2n) is 2.29. The van der Waals surface area contributed by atoms with Gasteiger partial charge in [0.05, 0.1) is 11.8 Å². The molecule has 0 fully saturated rings. The van der Waals surface area contributed by atoms with Crippen LogP contribution in [-0.4, -0.2) is 30.5 Å². The van der Waals surface area contributed by atoms with Gasteiger partial charge in [-0.1, -0.05) is 0 Å². The Kier molecular flexibility index (Phi) is 3.64. The van der Waals surface area contributed by atoms with E-state index in [9.17, 15) is 13.2 Å². The summed E-state index contributed by atoms with van der Waals surface area (Å²) in [6, 6.07) is -0.795. The first-order chi connectivity index (χ1) is 4.83. The van der Waals surface area contributed by atoms with Gasteiger partial charge in [-0.2, -0.15) is 8.42 Å². The van der Waals surface area contributed by atoms with Crippen LogP contribution in [0.25, 0.3) is 0 Å². The van der Waals surface area contributed by atoms with Crippen LogP contribution in [0, 0.1) is 0 Å². The number of hydrogen-bond acceptors (Lipinski definition) is 4. The third-order valence-electron chi connectivity index (χ3n) is 1.21. The van der Waals surface area contributed by atoms with E-state index in [1.165, 1.54) is 6.92 Å². The van der Waals surface area contributed by atoms with Gasteiger partial charge in [-0.3, -0.25) is 9.35 Å². The van der Waals surface area contributed by atoms with Crippen LogP contribution in [0.4, 0.5) is 0 Å². The lowest BCUT2D eigenvalue weighted by atomic mass is 10.2. The number of carbonyl (C=O) groups excluding carboxylic acids is 1. The summed E-state index contributed by atoms with van der Waals surface area (Å²) >= 11 is 0. The molecule has 0 rings (SSSR count). The maximum absolute atomic E-state index is 10.5. The van der Waals surface area contributed by atoms with Gasteiger partial charge in [-0.15, -0.1) is 0 Å². The third-order valence-corrected chi connectivity index (χ3v) is 1.96. The molecule has 0 aliphatic heterocycles.